The van der Waals surface area contributed by atoms with Crippen molar-refractivity contribution < 1.29 is 9.66 Å². The first kappa shape index (κ1) is 24.4. The van der Waals surface area contributed by atoms with Crippen LogP contribution < -0.4 is 0 Å². The van der Waals surface area contributed by atoms with Crippen molar-refractivity contribution in [2.75, 3.05) is 13.2 Å². The number of benzene rings is 4. The van der Waals surface area contributed by atoms with Gasteiger partial charge in [-0.15, -0.1) is 15.0 Å². The SMILES string of the molecule is O=[N+]([O-])c1ccc(C2=CCOCC2)c(-c2nnn(C(c3ccccc3)(c3ccccc3)c3ccccc3)n2)c1. The van der Waals surface area contributed by atoms with Crippen molar-refractivity contribution >= 4 is 11.3 Å². The molecule has 0 amide bonds. The molecule has 1 aliphatic rings. The highest BCUT2D eigenvalue weighted by Gasteiger charge is 2.41. The number of rotatable bonds is 7. The smallest absolute Gasteiger partial charge is 0.270 e. The van der Waals surface area contributed by atoms with E-state index < -0.39 is 10.5 Å². The number of hydrogen-bond acceptors (Lipinski definition) is 6. The first-order chi connectivity index (χ1) is 19.2. The van der Waals surface area contributed by atoms with Gasteiger partial charge < -0.3 is 4.74 Å². The zero-order chi connectivity index (χ0) is 26.7. The number of ether oxygens (including phenoxy) is 1. The van der Waals surface area contributed by atoms with Crippen LogP contribution in [0.2, 0.25) is 0 Å². The van der Waals surface area contributed by atoms with Crippen molar-refractivity contribution in [3.8, 4) is 11.4 Å². The molecule has 8 nitrogen and oxygen atoms in total. The molecule has 0 bridgehead atoms. The van der Waals surface area contributed by atoms with Gasteiger partial charge in [0, 0.05) is 17.7 Å². The lowest BCUT2D eigenvalue weighted by Crippen LogP contribution is -2.39. The first-order valence-corrected chi connectivity index (χ1v) is 12.7. The highest BCUT2D eigenvalue weighted by Crippen LogP contribution is 2.40. The number of hydrogen-bond donors (Lipinski definition) is 0. The maximum atomic E-state index is 11.7. The maximum absolute atomic E-state index is 11.7. The molecule has 0 spiro atoms. The summed E-state index contributed by atoms with van der Waals surface area (Å²) >= 11 is 0. The molecule has 1 aromatic heterocycles. The molecule has 1 aliphatic heterocycles. The molecule has 6 rings (SSSR count). The van der Waals surface area contributed by atoms with Crippen LogP contribution in [0.4, 0.5) is 5.69 Å². The van der Waals surface area contributed by atoms with E-state index in [1.807, 2.05) is 60.7 Å². The van der Waals surface area contributed by atoms with Gasteiger partial charge in [0.15, 0.2) is 5.54 Å². The average molecular weight is 516 g/mol. The van der Waals surface area contributed by atoms with Gasteiger partial charge in [0.2, 0.25) is 5.82 Å². The third-order valence-electron chi connectivity index (χ3n) is 7.05. The number of aromatic nitrogens is 4. The molecule has 0 radical (unpaired) electrons. The van der Waals surface area contributed by atoms with E-state index in [0.717, 1.165) is 27.8 Å². The molecule has 0 aliphatic carbocycles. The molecule has 0 saturated carbocycles. The van der Waals surface area contributed by atoms with Crippen LogP contribution in [0.15, 0.2) is 115 Å². The molecule has 0 fully saturated rings. The van der Waals surface area contributed by atoms with Gasteiger partial charge in [-0.25, -0.2) is 0 Å². The molecule has 39 heavy (non-hydrogen) atoms. The van der Waals surface area contributed by atoms with E-state index in [-0.39, 0.29) is 5.69 Å². The van der Waals surface area contributed by atoms with Crippen LogP contribution in [0, 0.1) is 10.1 Å². The quantitative estimate of drug-likeness (QED) is 0.152. The molecule has 192 valence electrons. The molecule has 0 unspecified atom stereocenters. The van der Waals surface area contributed by atoms with Crippen LogP contribution in [0.3, 0.4) is 0 Å². The third-order valence-corrected chi connectivity index (χ3v) is 7.05. The molecule has 5 aromatic rings. The summed E-state index contributed by atoms with van der Waals surface area (Å²) in [7, 11) is 0. The van der Waals surface area contributed by atoms with Crippen LogP contribution in [0.25, 0.3) is 17.0 Å². The van der Waals surface area contributed by atoms with E-state index in [0.29, 0.717) is 31.0 Å². The number of nitrogens with zero attached hydrogens (tertiary/aromatic N) is 5. The molecular formula is C31H25N5O3. The van der Waals surface area contributed by atoms with Crippen molar-refractivity contribution in [3.63, 3.8) is 0 Å². The Morgan fingerprint density at radius 2 is 1.38 bits per heavy atom. The summed E-state index contributed by atoms with van der Waals surface area (Å²) in [5, 5.41) is 25.8. The zero-order valence-electron chi connectivity index (χ0n) is 21.1. The fourth-order valence-electron chi connectivity index (χ4n) is 5.23. The van der Waals surface area contributed by atoms with Gasteiger partial charge in [-0.3, -0.25) is 10.1 Å². The lowest BCUT2D eigenvalue weighted by Gasteiger charge is -2.34. The molecular weight excluding hydrogens is 490 g/mol. The van der Waals surface area contributed by atoms with Crippen LogP contribution in [0.1, 0.15) is 28.7 Å². The van der Waals surface area contributed by atoms with Crippen molar-refractivity contribution in [3.05, 3.63) is 148 Å². The Bertz CT molecular complexity index is 1540. The molecule has 4 aromatic carbocycles. The van der Waals surface area contributed by atoms with E-state index in [1.165, 1.54) is 12.1 Å². The number of nitro benzene ring substituents is 1. The highest BCUT2D eigenvalue weighted by molar-refractivity contribution is 5.80. The zero-order valence-corrected chi connectivity index (χ0v) is 21.1. The van der Waals surface area contributed by atoms with Gasteiger partial charge in [0.05, 0.1) is 18.1 Å². The number of nitro groups is 1. The van der Waals surface area contributed by atoms with E-state index in [2.05, 4.69) is 46.7 Å². The normalized spacial score (nSPS) is 13.6. The first-order valence-electron chi connectivity index (χ1n) is 12.7. The van der Waals surface area contributed by atoms with E-state index in [9.17, 15) is 10.1 Å². The summed E-state index contributed by atoms with van der Waals surface area (Å²) in [6.45, 7) is 1.08. The van der Waals surface area contributed by atoms with Crippen LogP contribution in [0.5, 0.6) is 0 Å². The Morgan fingerprint density at radius 3 is 1.90 bits per heavy atom. The number of tetrazole rings is 1. The Morgan fingerprint density at radius 1 is 0.795 bits per heavy atom. The van der Waals surface area contributed by atoms with Crippen LogP contribution >= 0.6 is 0 Å². The minimum absolute atomic E-state index is 0.0294. The second kappa shape index (κ2) is 10.4. The van der Waals surface area contributed by atoms with E-state index >= 15 is 0 Å². The van der Waals surface area contributed by atoms with E-state index in [1.54, 1.807) is 10.9 Å². The van der Waals surface area contributed by atoms with Crippen LogP contribution in [-0.4, -0.2) is 38.3 Å². The predicted octanol–water partition coefficient (Wildman–Crippen LogP) is 5.89. The number of non-ortho nitro benzene ring substituents is 1. The summed E-state index contributed by atoms with van der Waals surface area (Å²) < 4.78 is 5.49. The molecule has 0 N–H and O–H groups in total. The Kier molecular flexibility index (Phi) is 6.52. The monoisotopic (exact) mass is 515 g/mol. The fraction of sp³-hybridized carbons (Fsp3) is 0.129. The third kappa shape index (κ3) is 4.41. The van der Waals surface area contributed by atoms with Crippen molar-refractivity contribution in [1.82, 2.24) is 20.2 Å². The summed E-state index contributed by atoms with van der Waals surface area (Å²) in [6.07, 6.45) is 2.70. The Hall–Kier alpha value is -4.95. The summed E-state index contributed by atoms with van der Waals surface area (Å²) in [4.78, 5) is 12.9. The molecule has 0 atom stereocenters. The average Bonchev–Trinajstić information content (AvgIpc) is 3.50. The lowest BCUT2D eigenvalue weighted by molar-refractivity contribution is -0.384. The molecule has 2 heterocycles. The topological polar surface area (TPSA) is 96.0 Å². The van der Waals surface area contributed by atoms with Gasteiger partial charge in [-0.1, -0.05) is 97.1 Å². The van der Waals surface area contributed by atoms with Gasteiger partial charge >= 0.3 is 0 Å². The highest BCUT2D eigenvalue weighted by atomic mass is 16.6. The predicted molar refractivity (Wildman–Crippen MR) is 148 cm³/mol. The summed E-state index contributed by atoms with van der Waals surface area (Å²) in [5.74, 6) is 0.313. The standard InChI is InChI=1S/C31H25N5O3/c37-35(38)27-16-17-28(23-18-20-39-21-19-23)29(22-27)30-32-34-36(33-30)31(24-10-4-1-5-11-24,25-12-6-2-7-13-25)26-14-8-3-9-15-26/h1-18,22H,19-21H2. The maximum Gasteiger partial charge on any atom is 0.270 e. The largest absolute Gasteiger partial charge is 0.377 e. The Balaban J connectivity index is 1.61. The summed E-state index contributed by atoms with van der Waals surface area (Å²) in [6, 6.07) is 35.0. The lowest BCUT2D eigenvalue weighted by atomic mass is 9.77. The summed E-state index contributed by atoms with van der Waals surface area (Å²) in [5.41, 5.74) is 4.35. The minimum Gasteiger partial charge on any atom is -0.377 e. The van der Waals surface area contributed by atoms with E-state index in [4.69, 9.17) is 9.84 Å². The van der Waals surface area contributed by atoms with Crippen LogP contribution in [-0.2, 0) is 10.3 Å². The Labute approximate surface area is 225 Å². The molecule has 0 saturated heterocycles. The van der Waals surface area contributed by atoms with Gasteiger partial charge in [0.1, 0.15) is 0 Å². The van der Waals surface area contributed by atoms with Crippen molar-refractivity contribution in [2.24, 2.45) is 0 Å². The van der Waals surface area contributed by atoms with Crippen molar-refractivity contribution in [1.29, 1.82) is 0 Å². The van der Waals surface area contributed by atoms with Gasteiger partial charge in [-0.05, 0) is 45.5 Å². The second-order valence-corrected chi connectivity index (χ2v) is 9.25. The van der Waals surface area contributed by atoms with Gasteiger partial charge in [-0.2, -0.15) is 0 Å². The second-order valence-electron chi connectivity index (χ2n) is 9.25. The minimum atomic E-state index is -0.937. The molecule has 8 heteroatoms. The van der Waals surface area contributed by atoms with Crippen molar-refractivity contribution in [2.45, 2.75) is 12.0 Å². The van der Waals surface area contributed by atoms with Gasteiger partial charge in [0.25, 0.3) is 5.69 Å². The fourth-order valence-corrected chi connectivity index (χ4v) is 5.23.